The molecule has 25 heavy (non-hydrogen) atoms. The summed E-state index contributed by atoms with van der Waals surface area (Å²) < 4.78 is 0. The second kappa shape index (κ2) is 8.47. The molecule has 0 aromatic carbocycles. The van der Waals surface area contributed by atoms with Crippen LogP contribution in [0.25, 0.3) is 0 Å². The smallest absolute Gasteiger partial charge is 0.306 e. The van der Waals surface area contributed by atoms with Crippen LogP contribution >= 0.6 is 11.3 Å². The highest BCUT2D eigenvalue weighted by Gasteiger charge is 2.28. The second-order valence-electron chi connectivity index (χ2n) is 6.60. The van der Waals surface area contributed by atoms with Crippen LogP contribution in [0.3, 0.4) is 0 Å². The van der Waals surface area contributed by atoms with Gasteiger partial charge >= 0.3 is 5.97 Å². The lowest BCUT2D eigenvalue weighted by molar-refractivity contribution is -0.145. The van der Waals surface area contributed by atoms with E-state index in [1.165, 1.54) is 21.8 Å². The fraction of sp³-hybridized carbons (Fsp3) is 0.611. The molecule has 2 rings (SSSR count). The Morgan fingerprint density at radius 3 is 2.52 bits per heavy atom. The lowest BCUT2D eigenvalue weighted by Crippen LogP contribution is -2.45. The molecule has 0 unspecified atom stereocenters. The number of carbonyl (C=O) groups is 3. The van der Waals surface area contributed by atoms with E-state index in [1.807, 2.05) is 13.0 Å². The highest BCUT2D eigenvalue weighted by molar-refractivity contribution is 7.14. The summed E-state index contributed by atoms with van der Waals surface area (Å²) in [6.07, 6.45) is 2.94. The van der Waals surface area contributed by atoms with Crippen molar-refractivity contribution in [1.29, 1.82) is 0 Å². The summed E-state index contributed by atoms with van der Waals surface area (Å²) in [6, 6.07) is 1.94. The third kappa shape index (κ3) is 4.81. The van der Waals surface area contributed by atoms with Gasteiger partial charge in [-0.05, 0) is 37.8 Å². The third-order valence-electron chi connectivity index (χ3n) is 4.67. The van der Waals surface area contributed by atoms with Gasteiger partial charge in [-0.1, -0.05) is 13.3 Å². The lowest BCUT2D eigenvalue weighted by atomic mass is 9.97. The van der Waals surface area contributed by atoms with E-state index in [-0.39, 0.29) is 24.3 Å². The summed E-state index contributed by atoms with van der Waals surface area (Å²) in [6.45, 7) is 5.03. The standard InChI is InChI=1S/C18H26N2O4S/c1-4-5-14-10-15(25-12(14)2)17(22)19(3)11-16(21)20-8-6-13(7-9-20)18(23)24/h10,13H,4-9,11H2,1-3H3,(H,23,24). The minimum atomic E-state index is -0.796. The number of likely N-dealkylation sites (N-methyl/N-ethyl adjacent to an activating group) is 1. The van der Waals surface area contributed by atoms with Crippen molar-refractivity contribution in [2.24, 2.45) is 5.92 Å². The van der Waals surface area contributed by atoms with E-state index in [4.69, 9.17) is 5.11 Å². The number of nitrogens with zero attached hydrogens (tertiary/aromatic N) is 2. The summed E-state index contributed by atoms with van der Waals surface area (Å²) in [7, 11) is 1.64. The van der Waals surface area contributed by atoms with E-state index < -0.39 is 5.97 Å². The molecule has 1 aromatic rings. The van der Waals surface area contributed by atoms with Gasteiger partial charge in [-0.2, -0.15) is 0 Å². The van der Waals surface area contributed by atoms with E-state index >= 15 is 0 Å². The maximum atomic E-state index is 12.6. The molecule has 0 saturated carbocycles. The maximum Gasteiger partial charge on any atom is 0.306 e. The average molecular weight is 366 g/mol. The number of rotatable bonds is 6. The molecule has 0 bridgehead atoms. The second-order valence-corrected chi connectivity index (χ2v) is 7.85. The van der Waals surface area contributed by atoms with Gasteiger partial charge in [0.25, 0.3) is 5.91 Å². The van der Waals surface area contributed by atoms with E-state index in [0.29, 0.717) is 30.8 Å². The largest absolute Gasteiger partial charge is 0.481 e. The highest BCUT2D eigenvalue weighted by Crippen LogP contribution is 2.24. The first-order valence-electron chi connectivity index (χ1n) is 8.68. The molecular weight excluding hydrogens is 340 g/mol. The molecule has 1 aliphatic heterocycles. The van der Waals surface area contributed by atoms with Crippen molar-refractivity contribution in [2.45, 2.75) is 39.5 Å². The molecule has 1 fully saturated rings. The zero-order valence-electron chi connectivity index (χ0n) is 15.1. The number of amides is 2. The molecule has 138 valence electrons. The molecule has 1 saturated heterocycles. The number of carbonyl (C=O) groups excluding carboxylic acids is 2. The molecular formula is C18H26N2O4S. The Labute approximate surface area is 152 Å². The lowest BCUT2D eigenvalue weighted by Gasteiger charge is -2.31. The highest BCUT2D eigenvalue weighted by atomic mass is 32.1. The Balaban J connectivity index is 1.91. The van der Waals surface area contributed by atoms with Crippen molar-refractivity contribution in [2.75, 3.05) is 26.7 Å². The predicted octanol–water partition coefficient (Wildman–Crippen LogP) is 2.40. The Hall–Kier alpha value is -1.89. The minimum absolute atomic E-state index is 0.0244. The SMILES string of the molecule is CCCc1cc(C(=O)N(C)CC(=O)N2CCC(C(=O)O)CC2)sc1C. The number of aliphatic carboxylic acids is 1. The number of carboxylic acids is 1. The Morgan fingerprint density at radius 1 is 1.32 bits per heavy atom. The monoisotopic (exact) mass is 366 g/mol. The van der Waals surface area contributed by atoms with E-state index in [0.717, 1.165) is 17.7 Å². The maximum absolute atomic E-state index is 12.6. The van der Waals surface area contributed by atoms with Crippen molar-refractivity contribution in [1.82, 2.24) is 9.80 Å². The molecule has 0 spiro atoms. The first-order chi connectivity index (χ1) is 11.8. The van der Waals surface area contributed by atoms with Gasteiger partial charge in [0.2, 0.25) is 5.91 Å². The van der Waals surface area contributed by atoms with Crippen molar-refractivity contribution < 1.29 is 19.5 Å². The molecule has 6 nitrogen and oxygen atoms in total. The van der Waals surface area contributed by atoms with E-state index in [1.54, 1.807) is 11.9 Å². The predicted molar refractivity (Wildman–Crippen MR) is 97.0 cm³/mol. The number of aryl methyl sites for hydroxylation is 2. The van der Waals surface area contributed by atoms with Gasteiger partial charge in [0.15, 0.2) is 0 Å². The van der Waals surface area contributed by atoms with Gasteiger partial charge in [0.05, 0.1) is 17.3 Å². The minimum Gasteiger partial charge on any atom is -0.481 e. The summed E-state index contributed by atoms with van der Waals surface area (Å²) >= 11 is 1.48. The summed E-state index contributed by atoms with van der Waals surface area (Å²) in [5, 5.41) is 9.01. The quantitative estimate of drug-likeness (QED) is 0.839. The number of piperidine rings is 1. The molecule has 0 atom stereocenters. The van der Waals surface area contributed by atoms with Crippen LogP contribution in [0.2, 0.25) is 0 Å². The Bertz CT molecular complexity index is 648. The van der Waals surface area contributed by atoms with Crippen LogP contribution in [0, 0.1) is 12.8 Å². The van der Waals surface area contributed by atoms with Gasteiger partial charge in [-0.25, -0.2) is 0 Å². The van der Waals surface area contributed by atoms with Gasteiger partial charge in [0, 0.05) is 25.0 Å². The number of hydrogen-bond donors (Lipinski definition) is 1. The topological polar surface area (TPSA) is 77.9 Å². The van der Waals surface area contributed by atoms with E-state index in [9.17, 15) is 14.4 Å². The van der Waals surface area contributed by atoms with Gasteiger partial charge < -0.3 is 14.9 Å². The van der Waals surface area contributed by atoms with Crippen LogP contribution < -0.4 is 0 Å². The van der Waals surface area contributed by atoms with Crippen molar-refractivity contribution in [3.05, 3.63) is 21.4 Å². The molecule has 0 radical (unpaired) electrons. The first kappa shape index (κ1) is 19.4. The molecule has 1 aliphatic rings. The van der Waals surface area contributed by atoms with Crippen LogP contribution in [0.15, 0.2) is 6.07 Å². The third-order valence-corrected chi connectivity index (χ3v) is 5.75. The first-order valence-corrected chi connectivity index (χ1v) is 9.50. The van der Waals surface area contributed by atoms with Gasteiger partial charge in [-0.15, -0.1) is 11.3 Å². The molecule has 0 aliphatic carbocycles. The molecule has 2 amide bonds. The van der Waals surface area contributed by atoms with Crippen LogP contribution in [-0.2, 0) is 16.0 Å². The van der Waals surface area contributed by atoms with Crippen molar-refractivity contribution in [3.8, 4) is 0 Å². The van der Waals surface area contributed by atoms with Crippen molar-refractivity contribution >= 4 is 29.1 Å². The Kier molecular flexibility index (Phi) is 6.58. The van der Waals surface area contributed by atoms with Crippen LogP contribution in [0.4, 0.5) is 0 Å². The summed E-state index contributed by atoms with van der Waals surface area (Å²) in [5.41, 5.74) is 1.20. The fourth-order valence-corrected chi connectivity index (χ4v) is 4.15. The number of thiophene rings is 1. The number of likely N-dealkylation sites (tertiary alicyclic amines) is 1. The van der Waals surface area contributed by atoms with Crippen molar-refractivity contribution in [3.63, 3.8) is 0 Å². The zero-order chi connectivity index (χ0) is 18.6. The van der Waals surface area contributed by atoms with Gasteiger partial charge in [0.1, 0.15) is 0 Å². The molecule has 2 heterocycles. The molecule has 1 aromatic heterocycles. The Morgan fingerprint density at radius 2 is 1.96 bits per heavy atom. The molecule has 7 heteroatoms. The average Bonchev–Trinajstić information content (AvgIpc) is 2.95. The zero-order valence-corrected chi connectivity index (χ0v) is 15.9. The number of hydrogen-bond acceptors (Lipinski definition) is 4. The summed E-state index contributed by atoms with van der Waals surface area (Å²) in [4.78, 5) is 40.9. The van der Waals surface area contributed by atoms with Crippen LogP contribution in [0.5, 0.6) is 0 Å². The van der Waals surface area contributed by atoms with Crippen LogP contribution in [-0.4, -0.2) is 59.4 Å². The van der Waals surface area contributed by atoms with Gasteiger partial charge in [-0.3, -0.25) is 14.4 Å². The normalized spacial score (nSPS) is 15.2. The molecule has 1 N–H and O–H groups in total. The van der Waals surface area contributed by atoms with Crippen LogP contribution in [0.1, 0.15) is 46.3 Å². The fourth-order valence-electron chi connectivity index (χ4n) is 3.08. The summed E-state index contributed by atoms with van der Waals surface area (Å²) in [5.74, 6) is -1.42. The number of carboxylic acid groups (broad SMARTS) is 1. The van der Waals surface area contributed by atoms with E-state index in [2.05, 4.69) is 6.92 Å².